The fourth-order valence-electron chi connectivity index (χ4n) is 3.88. The minimum atomic E-state index is -3.54. The lowest BCUT2D eigenvalue weighted by Gasteiger charge is -2.29. The lowest BCUT2D eigenvalue weighted by atomic mass is 10.00. The van der Waals surface area contributed by atoms with E-state index in [2.05, 4.69) is 44.2 Å². The van der Waals surface area contributed by atoms with Gasteiger partial charge in [0.25, 0.3) is 0 Å². The molecule has 8 nitrogen and oxygen atoms in total. The van der Waals surface area contributed by atoms with E-state index in [4.69, 9.17) is 10.5 Å². The molecular formula is C25H31N5O3S. The van der Waals surface area contributed by atoms with E-state index in [-0.39, 0.29) is 0 Å². The van der Waals surface area contributed by atoms with Gasteiger partial charge in [0.05, 0.1) is 18.0 Å². The molecule has 2 aromatic carbocycles. The van der Waals surface area contributed by atoms with Crippen molar-refractivity contribution in [2.45, 2.75) is 19.1 Å². The minimum Gasteiger partial charge on any atom is -0.495 e. The van der Waals surface area contributed by atoms with Crippen LogP contribution in [0.3, 0.4) is 0 Å². The molecule has 0 unspecified atom stereocenters. The molecule has 1 fully saturated rings. The molecule has 0 atom stereocenters. The van der Waals surface area contributed by atoms with Crippen LogP contribution >= 0.6 is 0 Å². The van der Waals surface area contributed by atoms with Crippen LogP contribution in [0.1, 0.15) is 13.8 Å². The Balaban J connectivity index is 1.66. The number of anilines is 3. The molecule has 4 rings (SSSR count). The first-order valence-electron chi connectivity index (χ1n) is 11.3. The molecular weight excluding hydrogens is 450 g/mol. The van der Waals surface area contributed by atoms with Crippen LogP contribution in [0.15, 0.2) is 54.7 Å². The van der Waals surface area contributed by atoms with E-state index in [9.17, 15) is 8.42 Å². The Hall–Kier alpha value is -3.30. The van der Waals surface area contributed by atoms with Crippen LogP contribution in [0.5, 0.6) is 5.75 Å². The highest BCUT2D eigenvalue weighted by Gasteiger charge is 2.19. The van der Waals surface area contributed by atoms with E-state index in [1.165, 1.54) is 12.8 Å². The van der Waals surface area contributed by atoms with Crippen LogP contribution in [-0.2, 0) is 10.0 Å². The number of sulfonamides is 1. The quantitative estimate of drug-likeness (QED) is 0.473. The highest BCUT2D eigenvalue weighted by atomic mass is 32.2. The van der Waals surface area contributed by atoms with Gasteiger partial charge in [-0.15, -0.1) is 0 Å². The first-order chi connectivity index (χ1) is 16.3. The van der Waals surface area contributed by atoms with Crippen molar-refractivity contribution >= 4 is 27.2 Å². The smallest absolute Gasteiger partial charge is 0.235 e. The number of nitrogen functional groups attached to an aromatic ring is 1. The summed E-state index contributed by atoms with van der Waals surface area (Å²) in [5.41, 5.74) is 11.2. The monoisotopic (exact) mass is 481 g/mol. The van der Waals surface area contributed by atoms with Crippen LogP contribution in [0.4, 0.5) is 17.2 Å². The number of methoxy groups -OCH3 is 1. The Bertz CT molecular complexity index is 1250. The molecule has 180 valence electrons. The van der Waals surface area contributed by atoms with Crippen molar-refractivity contribution in [3.63, 3.8) is 0 Å². The van der Waals surface area contributed by atoms with Crippen LogP contribution in [-0.4, -0.2) is 51.9 Å². The number of pyridine rings is 1. The number of piperazine rings is 1. The maximum absolute atomic E-state index is 12.5. The number of rotatable bonds is 7. The molecule has 0 aliphatic carbocycles. The van der Waals surface area contributed by atoms with Crippen LogP contribution in [0.25, 0.3) is 22.3 Å². The Morgan fingerprint density at radius 3 is 2.35 bits per heavy atom. The van der Waals surface area contributed by atoms with E-state index in [0.717, 1.165) is 48.4 Å². The summed E-state index contributed by atoms with van der Waals surface area (Å²) in [6.07, 6.45) is 1.75. The van der Waals surface area contributed by atoms with E-state index < -0.39 is 15.3 Å². The van der Waals surface area contributed by atoms with Gasteiger partial charge in [-0.2, -0.15) is 0 Å². The molecule has 4 N–H and O–H groups in total. The fraction of sp³-hybridized carbons (Fsp3) is 0.320. The molecule has 9 heteroatoms. The zero-order chi connectivity index (χ0) is 24.3. The van der Waals surface area contributed by atoms with Crippen LogP contribution in [0.2, 0.25) is 0 Å². The fourth-order valence-corrected chi connectivity index (χ4v) is 4.58. The van der Waals surface area contributed by atoms with Gasteiger partial charge in [-0.05, 0) is 55.3 Å². The summed E-state index contributed by atoms with van der Waals surface area (Å²) in [6.45, 7) is 7.21. The van der Waals surface area contributed by atoms with Gasteiger partial charge >= 0.3 is 0 Å². The van der Waals surface area contributed by atoms with Gasteiger partial charge in [0.1, 0.15) is 11.6 Å². The second-order valence-corrected chi connectivity index (χ2v) is 10.8. The van der Waals surface area contributed by atoms with Gasteiger partial charge in [0.15, 0.2) is 0 Å². The topological polar surface area (TPSA) is 110 Å². The van der Waals surface area contributed by atoms with Crippen molar-refractivity contribution in [2.24, 2.45) is 0 Å². The van der Waals surface area contributed by atoms with E-state index in [1.807, 2.05) is 12.1 Å². The first kappa shape index (κ1) is 23.8. The third-order valence-electron chi connectivity index (χ3n) is 5.98. The predicted molar refractivity (Wildman–Crippen MR) is 139 cm³/mol. The molecule has 0 radical (unpaired) electrons. The number of aromatic nitrogens is 1. The van der Waals surface area contributed by atoms with Crippen molar-refractivity contribution < 1.29 is 13.2 Å². The molecule has 1 aliphatic rings. The Morgan fingerprint density at radius 2 is 1.71 bits per heavy atom. The van der Waals surface area contributed by atoms with Gasteiger partial charge in [-0.25, -0.2) is 13.4 Å². The number of nitrogens with one attached hydrogen (secondary N) is 2. The third-order valence-corrected chi connectivity index (χ3v) is 7.73. The number of hydrogen-bond donors (Lipinski definition) is 3. The summed E-state index contributed by atoms with van der Waals surface area (Å²) in [5, 5.41) is 2.79. The summed E-state index contributed by atoms with van der Waals surface area (Å²) >= 11 is 0. The van der Waals surface area contributed by atoms with Gasteiger partial charge < -0.3 is 20.7 Å². The molecule has 0 saturated carbocycles. The van der Waals surface area contributed by atoms with E-state index in [0.29, 0.717) is 17.3 Å². The summed E-state index contributed by atoms with van der Waals surface area (Å²) < 4.78 is 32.9. The molecule has 1 aliphatic heterocycles. The van der Waals surface area contributed by atoms with Crippen molar-refractivity contribution in [3.8, 4) is 28.0 Å². The largest absolute Gasteiger partial charge is 0.495 e. The van der Waals surface area contributed by atoms with Crippen LogP contribution < -0.4 is 25.4 Å². The SMILES string of the molecule is COc1ccc(-c2cc(-c3ccc(N4CCNCC4)cc3)cnc2N)cc1NS(=O)(=O)C(C)C. The Morgan fingerprint density at radius 1 is 1.03 bits per heavy atom. The molecule has 0 amide bonds. The van der Waals surface area contributed by atoms with Crippen molar-refractivity contribution in [3.05, 3.63) is 54.7 Å². The predicted octanol–water partition coefficient (Wildman–Crippen LogP) is 3.57. The minimum absolute atomic E-state index is 0.360. The number of nitrogens with two attached hydrogens (primary N) is 1. The number of nitrogens with zero attached hydrogens (tertiary/aromatic N) is 2. The molecule has 1 aromatic heterocycles. The normalized spacial score (nSPS) is 14.3. The molecule has 0 spiro atoms. The summed E-state index contributed by atoms with van der Waals surface area (Å²) in [6, 6.07) is 15.7. The summed E-state index contributed by atoms with van der Waals surface area (Å²) in [5.74, 6) is 0.795. The third kappa shape index (κ3) is 5.10. The molecule has 0 bridgehead atoms. The lowest BCUT2D eigenvalue weighted by Crippen LogP contribution is -2.43. The molecule has 3 aromatic rings. The molecule has 34 heavy (non-hydrogen) atoms. The first-order valence-corrected chi connectivity index (χ1v) is 12.8. The zero-order valence-corrected chi connectivity index (χ0v) is 20.5. The van der Waals surface area contributed by atoms with E-state index in [1.54, 1.807) is 32.2 Å². The lowest BCUT2D eigenvalue weighted by molar-refractivity contribution is 0.417. The molecule has 2 heterocycles. The maximum Gasteiger partial charge on any atom is 0.235 e. The van der Waals surface area contributed by atoms with Crippen molar-refractivity contribution in [1.29, 1.82) is 0 Å². The van der Waals surface area contributed by atoms with Crippen molar-refractivity contribution in [2.75, 3.05) is 48.6 Å². The van der Waals surface area contributed by atoms with Gasteiger partial charge in [0.2, 0.25) is 10.0 Å². The number of hydrogen-bond acceptors (Lipinski definition) is 7. The second-order valence-electron chi connectivity index (χ2n) is 8.55. The Labute approximate surface area is 201 Å². The van der Waals surface area contributed by atoms with Gasteiger partial charge in [0, 0.05) is 49.2 Å². The van der Waals surface area contributed by atoms with Crippen LogP contribution in [0, 0.1) is 0 Å². The number of ether oxygens (including phenoxy) is 1. The van der Waals surface area contributed by atoms with E-state index >= 15 is 0 Å². The van der Waals surface area contributed by atoms with Gasteiger partial charge in [-0.1, -0.05) is 18.2 Å². The second kappa shape index (κ2) is 9.90. The molecule has 1 saturated heterocycles. The standard InChI is InChI=1S/C25H31N5O3S/c1-17(2)34(31,32)29-23-15-19(6-9-24(23)33-3)22-14-20(16-28-25(22)26)18-4-7-21(8-5-18)30-12-10-27-11-13-30/h4-9,14-17,27,29H,10-13H2,1-3H3,(H2,26,28). The van der Waals surface area contributed by atoms with Crippen molar-refractivity contribution in [1.82, 2.24) is 10.3 Å². The zero-order valence-electron chi connectivity index (χ0n) is 19.7. The highest BCUT2D eigenvalue weighted by Crippen LogP contribution is 2.35. The average Bonchev–Trinajstić information content (AvgIpc) is 2.85. The highest BCUT2D eigenvalue weighted by molar-refractivity contribution is 7.93. The summed E-state index contributed by atoms with van der Waals surface area (Å²) in [7, 11) is -2.04. The van der Waals surface area contributed by atoms with Gasteiger partial charge in [-0.3, -0.25) is 4.72 Å². The Kier molecular flexibility index (Phi) is 6.95. The average molecular weight is 482 g/mol. The summed E-state index contributed by atoms with van der Waals surface area (Å²) in [4.78, 5) is 6.77. The maximum atomic E-state index is 12.5. The number of benzene rings is 2.